The summed E-state index contributed by atoms with van der Waals surface area (Å²) in [6.07, 6.45) is -4.39. The van der Waals surface area contributed by atoms with Crippen molar-refractivity contribution in [3.8, 4) is 0 Å². The van der Waals surface area contributed by atoms with Crippen molar-refractivity contribution in [2.45, 2.75) is 18.3 Å². The lowest BCUT2D eigenvalue weighted by molar-refractivity contribution is -0.682. The second kappa shape index (κ2) is 8.12. The number of hydrogen-bond donors (Lipinski definition) is 2. The molecule has 3 aromatic rings. The maximum absolute atomic E-state index is 13.3. The van der Waals surface area contributed by atoms with Crippen LogP contribution in [0, 0.1) is 5.82 Å². The molecule has 1 atom stereocenters. The van der Waals surface area contributed by atoms with E-state index in [0.717, 1.165) is 12.1 Å². The molecule has 0 saturated heterocycles. The number of halogens is 4. The van der Waals surface area contributed by atoms with Crippen LogP contribution >= 0.6 is 0 Å². The zero-order chi connectivity index (χ0) is 20.2. The SMILES string of the molecule is O[C@@](C[NH2+]Cc1cccc(C(F)(F)F)c1)(c1ccccc1)c1ccc(F)cc1. The summed E-state index contributed by atoms with van der Waals surface area (Å²) >= 11 is 0. The molecule has 2 nitrogen and oxygen atoms in total. The summed E-state index contributed by atoms with van der Waals surface area (Å²) in [6.45, 7) is 0.430. The fraction of sp³-hybridized carbons (Fsp3) is 0.182. The van der Waals surface area contributed by atoms with E-state index in [0.29, 0.717) is 16.7 Å². The first-order chi connectivity index (χ1) is 13.3. The summed E-state index contributed by atoms with van der Waals surface area (Å²) in [5, 5.41) is 13.1. The zero-order valence-corrected chi connectivity index (χ0v) is 15.0. The molecule has 146 valence electrons. The number of nitrogens with two attached hydrogens (primary N) is 1. The molecule has 3 N–H and O–H groups in total. The third-order valence-corrected chi connectivity index (χ3v) is 4.65. The highest BCUT2D eigenvalue weighted by molar-refractivity contribution is 5.36. The molecule has 0 aromatic heterocycles. The van der Waals surface area contributed by atoms with Crippen LogP contribution in [-0.4, -0.2) is 11.7 Å². The summed E-state index contributed by atoms with van der Waals surface area (Å²) in [5.41, 5.74) is -0.460. The van der Waals surface area contributed by atoms with Crippen LogP contribution in [0.25, 0.3) is 0 Å². The highest BCUT2D eigenvalue weighted by Crippen LogP contribution is 2.30. The fourth-order valence-corrected chi connectivity index (χ4v) is 3.16. The van der Waals surface area contributed by atoms with Crippen LogP contribution in [0.15, 0.2) is 78.9 Å². The molecule has 3 aromatic carbocycles. The Hall–Kier alpha value is -2.70. The molecule has 0 aliphatic heterocycles. The van der Waals surface area contributed by atoms with Gasteiger partial charge in [0, 0.05) is 5.56 Å². The Labute approximate surface area is 160 Å². The lowest BCUT2D eigenvalue weighted by Gasteiger charge is -2.27. The van der Waals surface area contributed by atoms with Crippen molar-refractivity contribution < 1.29 is 28.0 Å². The number of hydrogen-bond acceptors (Lipinski definition) is 1. The maximum Gasteiger partial charge on any atom is 0.416 e. The molecule has 0 fully saturated rings. The zero-order valence-electron chi connectivity index (χ0n) is 15.0. The molecule has 0 unspecified atom stereocenters. The van der Waals surface area contributed by atoms with E-state index in [2.05, 4.69) is 0 Å². The second-order valence-corrected chi connectivity index (χ2v) is 6.63. The van der Waals surface area contributed by atoms with Crippen LogP contribution in [0.1, 0.15) is 22.3 Å². The average molecular weight is 390 g/mol. The normalized spacial score (nSPS) is 13.9. The van der Waals surface area contributed by atoms with Gasteiger partial charge in [0.15, 0.2) is 5.60 Å². The monoisotopic (exact) mass is 390 g/mol. The van der Waals surface area contributed by atoms with Gasteiger partial charge < -0.3 is 10.4 Å². The van der Waals surface area contributed by atoms with Crippen LogP contribution in [-0.2, 0) is 18.3 Å². The van der Waals surface area contributed by atoms with Gasteiger partial charge in [-0.05, 0) is 35.4 Å². The van der Waals surface area contributed by atoms with Gasteiger partial charge in [-0.3, -0.25) is 0 Å². The van der Waals surface area contributed by atoms with Gasteiger partial charge in [-0.1, -0.05) is 54.6 Å². The lowest BCUT2D eigenvalue weighted by atomic mass is 9.86. The van der Waals surface area contributed by atoms with E-state index in [1.807, 2.05) is 6.07 Å². The van der Waals surface area contributed by atoms with Gasteiger partial charge >= 0.3 is 6.18 Å². The van der Waals surface area contributed by atoms with Gasteiger partial charge in [0.25, 0.3) is 0 Å². The van der Waals surface area contributed by atoms with Crippen molar-refractivity contribution in [1.82, 2.24) is 0 Å². The molecule has 0 aliphatic rings. The van der Waals surface area contributed by atoms with E-state index in [4.69, 9.17) is 0 Å². The lowest BCUT2D eigenvalue weighted by Crippen LogP contribution is -2.86. The minimum absolute atomic E-state index is 0.166. The van der Waals surface area contributed by atoms with E-state index in [9.17, 15) is 22.7 Å². The third-order valence-electron chi connectivity index (χ3n) is 4.65. The number of rotatable bonds is 6. The Morgan fingerprint density at radius 2 is 1.36 bits per heavy atom. The Bertz CT molecular complexity index is 910. The Kier molecular flexibility index (Phi) is 5.82. The molecule has 0 radical (unpaired) electrons. The second-order valence-electron chi connectivity index (χ2n) is 6.63. The standard InChI is InChI=1S/C22H19F4NO/c23-20-11-9-18(10-12-20)21(28,17-6-2-1-3-7-17)15-27-14-16-5-4-8-19(13-16)22(24,25)26/h1-13,27-28H,14-15H2/p+1/t21-/m0/s1. The molecule has 0 aliphatic carbocycles. The predicted octanol–water partition coefficient (Wildman–Crippen LogP) is 3.84. The number of alkyl halides is 3. The highest BCUT2D eigenvalue weighted by atomic mass is 19.4. The molecular weight excluding hydrogens is 370 g/mol. The van der Waals surface area contributed by atoms with E-state index < -0.39 is 23.2 Å². The quantitative estimate of drug-likeness (QED) is 0.617. The summed E-state index contributed by atoms with van der Waals surface area (Å²) in [5.74, 6) is -0.410. The molecule has 0 spiro atoms. The first-order valence-electron chi connectivity index (χ1n) is 8.81. The van der Waals surface area contributed by atoms with E-state index in [-0.39, 0.29) is 13.1 Å². The van der Waals surface area contributed by atoms with Crippen molar-refractivity contribution in [3.05, 3.63) is 107 Å². The highest BCUT2D eigenvalue weighted by Gasteiger charge is 2.34. The van der Waals surface area contributed by atoms with Crippen LogP contribution in [0.3, 0.4) is 0 Å². The Morgan fingerprint density at radius 1 is 0.750 bits per heavy atom. The summed E-state index contributed by atoms with van der Waals surface area (Å²) < 4.78 is 51.9. The average Bonchev–Trinajstić information content (AvgIpc) is 2.68. The van der Waals surface area contributed by atoms with Crippen LogP contribution < -0.4 is 5.32 Å². The molecule has 28 heavy (non-hydrogen) atoms. The minimum Gasteiger partial charge on any atom is -0.375 e. The van der Waals surface area contributed by atoms with E-state index >= 15 is 0 Å². The Morgan fingerprint density at radius 3 is 2.00 bits per heavy atom. The minimum atomic E-state index is -4.39. The van der Waals surface area contributed by atoms with Crippen molar-refractivity contribution in [2.75, 3.05) is 6.54 Å². The number of quaternary nitrogens is 1. The largest absolute Gasteiger partial charge is 0.416 e. The first-order valence-corrected chi connectivity index (χ1v) is 8.81. The van der Waals surface area contributed by atoms with E-state index in [1.54, 1.807) is 35.6 Å². The number of benzene rings is 3. The van der Waals surface area contributed by atoms with Crippen LogP contribution in [0.5, 0.6) is 0 Å². The van der Waals surface area contributed by atoms with Gasteiger partial charge in [0.2, 0.25) is 0 Å². The van der Waals surface area contributed by atoms with E-state index in [1.165, 1.54) is 30.3 Å². The van der Waals surface area contributed by atoms with Crippen LogP contribution in [0.2, 0.25) is 0 Å². The summed E-state index contributed by atoms with van der Waals surface area (Å²) in [6, 6.07) is 19.6. The fourth-order valence-electron chi connectivity index (χ4n) is 3.16. The van der Waals surface area contributed by atoms with Crippen molar-refractivity contribution >= 4 is 0 Å². The topological polar surface area (TPSA) is 36.8 Å². The third kappa shape index (κ3) is 4.58. The van der Waals surface area contributed by atoms with Crippen molar-refractivity contribution in [3.63, 3.8) is 0 Å². The number of aliphatic hydroxyl groups is 1. The molecule has 0 heterocycles. The van der Waals surface area contributed by atoms with Gasteiger partial charge in [0.1, 0.15) is 18.9 Å². The first kappa shape index (κ1) is 20.0. The molecular formula is C22H20F4NO+. The van der Waals surface area contributed by atoms with Crippen molar-refractivity contribution in [2.24, 2.45) is 0 Å². The maximum atomic E-state index is 13.3. The molecule has 0 saturated carbocycles. The summed E-state index contributed by atoms with van der Waals surface area (Å²) in [7, 11) is 0. The molecule has 3 rings (SSSR count). The molecule has 0 amide bonds. The smallest absolute Gasteiger partial charge is 0.375 e. The summed E-state index contributed by atoms with van der Waals surface area (Å²) in [4.78, 5) is 0. The van der Waals surface area contributed by atoms with Gasteiger partial charge in [-0.2, -0.15) is 13.2 Å². The van der Waals surface area contributed by atoms with Gasteiger partial charge in [0.05, 0.1) is 5.56 Å². The molecule has 6 heteroatoms. The van der Waals surface area contributed by atoms with Crippen molar-refractivity contribution in [1.29, 1.82) is 0 Å². The molecule has 0 bridgehead atoms. The Balaban J connectivity index is 1.81. The van der Waals surface area contributed by atoms with Crippen LogP contribution in [0.4, 0.5) is 17.6 Å². The van der Waals surface area contributed by atoms with Gasteiger partial charge in [-0.25, -0.2) is 4.39 Å². The predicted molar refractivity (Wildman–Crippen MR) is 97.8 cm³/mol. The van der Waals surface area contributed by atoms with Gasteiger partial charge in [-0.15, -0.1) is 0 Å².